The Balaban J connectivity index is 2.64. The van der Waals surface area contributed by atoms with Gasteiger partial charge in [-0.25, -0.2) is 0 Å². The first-order chi connectivity index (χ1) is 9.00. The quantitative estimate of drug-likeness (QED) is 0.616. The Morgan fingerprint density at radius 1 is 1.25 bits per heavy atom. The number of halogens is 2. The first-order valence-corrected chi connectivity index (χ1v) is 8.97. The van der Waals surface area contributed by atoms with Gasteiger partial charge in [-0.15, -0.1) is 0 Å². The third-order valence-corrected chi connectivity index (χ3v) is 5.30. The molecule has 0 spiro atoms. The summed E-state index contributed by atoms with van der Waals surface area (Å²) in [7, 11) is -0.624. The van der Waals surface area contributed by atoms with Gasteiger partial charge in [-0.2, -0.15) is 0 Å². The van der Waals surface area contributed by atoms with Gasteiger partial charge in [0, 0.05) is 16.2 Å². The Morgan fingerprint density at radius 2 is 1.85 bits per heavy atom. The Kier molecular flexibility index (Phi) is 5.96. The fraction of sp³-hybridized carbons (Fsp3) is 0.571. The third kappa shape index (κ3) is 6.04. The predicted octanol–water partition coefficient (Wildman–Crippen LogP) is 4.16. The van der Waals surface area contributed by atoms with E-state index in [0.717, 1.165) is 4.47 Å². The molecule has 0 saturated heterocycles. The number of anilines is 1. The van der Waals surface area contributed by atoms with E-state index in [1.54, 1.807) is 12.1 Å². The molecular weight excluding hydrogens is 358 g/mol. The van der Waals surface area contributed by atoms with Crippen molar-refractivity contribution in [2.24, 2.45) is 0 Å². The highest BCUT2D eigenvalue weighted by atomic mass is 79.9. The van der Waals surface area contributed by atoms with Crippen molar-refractivity contribution in [1.82, 2.24) is 0 Å². The largest absolute Gasteiger partial charge is 0.489 e. The molecule has 0 unspecified atom stereocenters. The topological polar surface area (TPSA) is 44.5 Å². The van der Waals surface area contributed by atoms with Crippen molar-refractivity contribution in [3.05, 3.63) is 21.6 Å². The van der Waals surface area contributed by atoms with E-state index in [4.69, 9.17) is 26.5 Å². The molecule has 0 saturated carbocycles. The summed E-state index contributed by atoms with van der Waals surface area (Å²) < 4.78 is 12.6. The highest BCUT2D eigenvalue weighted by Gasteiger charge is 2.23. The number of nitrogens with two attached hydrogens (primary N) is 1. The number of nitrogen functional groups attached to an aromatic ring is 1. The van der Waals surface area contributed by atoms with E-state index in [0.29, 0.717) is 23.1 Å². The van der Waals surface area contributed by atoms with Gasteiger partial charge < -0.3 is 14.9 Å². The van der Waals surface area contributed by atoms with Crippen LogP contribution in [0.2, 0.25) is 10.1 Å². The lowest BCUT2D eigenvalue weighted by atomic mass is 10.2. The van der Waals surface area contributed by atoms with E-state index >= 15 is 0 Å². The second kappa shape index (κ2) is 6.69. The SMILES string of the molecule is CC(C)(COc1cc(N)c(Br)cc1Cl)O[SiH2]C(C)(C)C. The number of hydrogen-bond donors (Lipinski definition) is 1. The van der Waals surface area contributed by atoms with Crippen molar-refractivity contribution in [1.29, 1.82) is 0 Å². The zero-order valence-electron chi connectivity index (χ0n) is 12.7. The minimum absolute atomic E-state index is 0.261. The van der Waals surface area contributed by atoms with Gasteiger partial charge in [0.2, 0.25) is 0 Å². The molecule has 0 fully saturated rings. The first kappa shape index (κ1) is 17.8. The van der Waals surface area contributed by atoms with Gasteiger partial charge in [0.15, 0.2) is 9.76 Å². The Hall–Kier alpha value is -0.233. The maximum atomic E-state index is 6.14. The van der Waals surface area contributed by atoms with E-state index in [9.17, 15) is 0 Å². The summed E-state index contributed by atoms with van der Waals surface area (Å²) in [4.78, 5) is 0. The van der Waals surface area contributed by atoms with Gasteiger partial charge in [0.1, 0.15) is 12.4 Å². The predicted molar refractivity (Wildman–Crippen MR) is 92.5 cm³/mol. The molecule has 0 radical (unpaired) electrons. The summed E-state index contributed by atoms with van der Waals surface area (Å²) in [6, 6.07) is 3.47. The number of ether oxygens (including phenoxy) is 1. The summed E-state index contributed by atoms with van der Waals surface area (Å²) in [6.45, 7) is 11.1. The summed E-state index contributed by atoms with van der Waals surface area (Å²) in [6.07, 6.45) is 0. The molecule has 0 amide bonds. The lowest BCUT2D eigenvalue weighted by Gasteiger charge is -2.30. The lowest BCUT2D eigenvalue weighted by Crippen LogP contribution is -2.35. The monoisotopic (exact) mass is 379 g/mol. The molecule has 3 nitrogen and oxygen atoms in total. The van der Waals surface area contributed by atoms with Gasteiger partial charge >= 0.3 is 0 Å². The molecule has 114 valence electrons. The minimum atomic E-state index is -0.624. The fourth-order valence-electron chi connectivity index (χ4n) is 1.36. The second-order valence-corrected chi connectivity index (χ2v) is 10.7. The summed E-state index contributed by atoms with van der Waals surface area (Å²) in [5, 5.41) is 0.798. The third-order valence-electron chi connectivity index (χ3n) is 2.52. The van der Waals surface area contributed by atoms with Crippen molar-refractivity contribution in [2.75, 3.05) is 12.3 Å². The van der Waals surface area contributed by atoms with E-state index in [2.05, 4.69) is 36.7 Å². The van der Waals surface area contributed by atoms with Crippen molar-refractivity contribution in [3.8, 4) is 5.75 Å². The zero-order chi connectivity index (χ0) is 15.6. The highest BCUT2D eigenvalue weighted by molar-refractivity contribution is 9.10. The smallest absolute Gasteiger partial charge is 0.167 e. The maximum absolute atomic E-state index is 6.14. The minimum Gasteiger partial charge on any atom is -0.489 e. The first-order valence-electron chi connectivity index (χ1n) is 6.51. The summed E-state index contributed by atoms with van der Waals surface area (Å²) >= 11 is 9.47. The molecule has 0 bridgehead atoms. The second-order valence-electron chi connectivity index (χ2n) is 6.70. The van der Waals surface area contributed by atoms with Gasteiger partial charge in [0.05, 0.1) is 10.6 Å². The van der Waals surface area contributed by atoms with Crippen LogP contribution in [0.4, 0.5) is 5.69 Å². The van der Waals surface area contributed by atoms with Crippen molar-refractivity contribution >= 4 is 43.0 Å². The van der Waals surface area contributed by atoms with Crippen LogP contribution in [-0.4, -0.2) is 22.0 Å². The van der Waals surface area contributed by atoms with E-state index < -0.39 is 9.76 Å². The van der Waals surface area contributed by atoms with Crippen LogP contribution >= 0.6 is 27.5 Å². The molecule has 6 heteroatoms. The maximum Gasteiger partial charge on any atom is 0.167 e. The van der Waals surface area contributed by atoms with Crippen LogP contribution in [-0.2, 0) is 4.43 Å². The Morgan fingerprint density at radius 3 is 2.40 bits per heavy atom. The van der Waals surface area contributed by atoms with Crippen molar-refractivity contribution in [2.45, 2.75) is 45.3 Å². The Labute approximate surface area is 137 Å². The molecule has 0 aliphatic heterocycles. The normalized spacial score (nSPS) is 13.2. The highest BCUT2D eigenvalue weighted by Crippen LogP contribution is 2.33. The molecular formula is C14H23BrClNO2Si. The molecule has 1 aromatic rings. The van der Waals surface area contributed by atoms with Crippen LogP contribution in [0.15, 0.2) is 16.6 Å². The number of benzene rings is 1. The standard InChI is InChI=1S/C14H23BrClNO2Si/c1-13(2,3)20-19-14(4,5)8-18-12-7-11(17)9(15)6-10(12)16/h6-7H,8,17,20H2,1-5H3. The van der Waals surface area contributed by atoms with Crippen molar-refractivity contribution in [3.63, 3.8) is 0 Å². The van der Waals surface area contributed by atoms with E-state index in [-0.39, 0.29) is 10.6 Å². The van der Waals surface area contributed by atoms with Crippen LogP contribution in [0.3, 0.4) is 0 Å². The summed E-state index contributed by atoms with van der Waals surface area (Å²) in [5.41, 5.74) is 6.11. The molecule has 20 heavy (non-hydrogen) atoms. The number of hydrogen-bond acceptors (Lipinski definition) is 3. The molecule has 0 aliphatic carbocycles. The van der Waals surface area contributed by atoms with Crippen LogP contribution in [0, 0.1) is 0 Å². The molecule has 0 atom stereocenters. The van der Waals surface area contributed by atoms with Crippen LogP contribution in [0.1, 0.15) is 34.6 Å². The Bertz CT molecular complexity index is 475. The lowest BCUT2D eigenvalue weighted by molar-refractivity contribution is 0.0521. The molecule has 0 heterocycles. The average Bonchev–Trinajstić information content (AvgIpc) is 2.29. The van der Waals surface area contributed by atoms with Crippen molar-refractivity contribution < 1.29 is 9.16 Å². The van der Waals surface area contributed by atoms with Crippen LogP contribution in [0.25, 0.3) is 0 Å². The average molecular weight is 381 g/mol. The van der Waals surface area contributed by atoms with Gasteiger partial charge in [0.25, 0.3) is 0 Å². The van der Waals surface area contributed by atoms with E-state index in [1.807, 2.05) is 13.8 Å². The van der Waals surface area contributed by atoms with Gasteiger partial charge in [-0.1, -0.05) is 32.4 Å². The molecule has 2 N–H and O–H groups in total. The number of rotatable bonds is 5. The molecule has 0 aliphatic rings. The van der Waals surface area contributed by atoms with E-state index in [1.165, 1.54) is 0 Å². The van der Waals surface area contributed by atoms with Gasteiger partial charge in [-0.3, -0.25) is 0 Å². The fourth-order valence-corrected chi connectivity index (χ4v) is 2.96. The molecule has 0 aromatic heterocycles. The summed E-state index contributed by atoms with van der Waals surface area (Å²) in [5.74, 6) is 0.585. The molecule has 1 rings (SSSR count). The van der Waals surface area contributed by atoms with Crippen LogP contribution < -0.4 is 10.5 Å². The molecule has 1 aromatic carbocycles. The van der Waals surface area contributed by atoms with Crippen LogP contribution in [0.5, 0.6) is 5.75 Å². The zero-order valence-corrected chi connectivity index (χ0v) is 16.5. The van der Waals surface area contributed by atoms with Gasteiger partial charge in [-0.05, 0) is 40.9 Å².